The van der Waals surface area contributed by atoms with Crippen molar-refractivity contribution < 1.29 is 21.6 Å². The summed E-state index contributed by atoms with van der Waals surface area (Å²) < 4.78 is 56.5. The molecule has 15 heteroatoms. The summed E-state index contributed by atoms with van der Waals surface area (Å²) in [7, 11) is -8.09. The number of hydrogen-bond acceptors (Lipinski definition) is 9. The van der Waals surface area contributed by atoms with Gasteiger partial charge in [-0.25, -0.2) is 22.4 Å². The lowest BCUT2D eigenvalue weighted by Gasteiger charge is -2.12. The molecule has 3 aromatic carbocycles. The molecule has 0 fully saturated rings. The van der Waals surface area contributed by atoms with E-state index in [1.807, 2.05) is 0 Å². The summed E-state index contributed by atoms with van der Waals surface area (Å²) in [5, 5.41) is 10.5. The van der Waals surface area contributed by atoms with Gasteiger partial charge in [0.25, 0.3) is 20.0 Å². The van der Waals surface area contributed by atoms with Gasteiger partial charge in [0.15, 0.2) is 5.65 Å². The monoisotopic (exact) mass is 702 g/mol. The van der Waals surface area contributed by atoms with Crippen LogP contribution in [0.4, 0.5) is 5.69 Å². The van der Waals surface area contributed by atoms with Crippen LogP contribution in [0.15, 0.2) is 119 Å². The molecule has 1 N–H and O–H groups in total. The molecule has 236 valence electrons. The molecule has 11 nitrogen and oxygen atoms in total. The summed E-state index contributed by atoms with van der Waals surface area (Å²) in [4.78, 5) is 22.1. The number of carbonyl (C=O) groups is 1. The Hall–Kier alpha value is -4.89. The molecule has 4 heterocycles. The first-order valence-corrected chi connectivity index (χ1v) is 18.3. The number of nitrogens with one attached hydrogen (secondary N) is 1. The molecule has 47 heavy (non-hydrogen) atoms. The molecular formula is C32H23ClN6O5S3. The zero-order valence-electron chi connectivity index (χ0n) is 24.2. The molecule has 0 saturated carbocycles. The standard InChI is InChI=1S/C32H23ClN6O5S3/c33-18-31-36-22(20-45-31)17-30(40)37-28-15-21(16-29-27(28)19-35-39(29)47(43,44)24-9-5-2-6-10-24)25-11-13-34-32-26(25)12-14-38(32)46(41,42)23-7-3-1-4-8-23/h1-16,19-20H,17-18H2,(H,37,40). The van der Waals surface area contributed by atoms with Gasteiger partial charge in [0, 0.05) is 28.5 Å². The van der Waals surface area contributed by atoms with E-state index in [0.29, 0.717) is 38.3 Å². The molecule has 0 bridgehead atoms. The Bertz CT molecular complexity index is 2510. The smallest absolute Gasteiger partial charge is 0.283 e. The van der Waals surface area contributed by atoms with Crippen LogP contribution in [0.5, 0.6) is 0 Å². The first-order valence-electron chi connectivity index (χ1n) is 14.1. The Morgan fingerprint density at radius 1 is 0.872 bits per heavy atom. The van der Waals surface area contributed by atoms with Crippen molar-refractivity contribution in [2.45, 2.75) is 22.1 Å². The molecule has 4 aromatic heterocycles. The molecule has 7 aromatic rings. The second-order valence-electron chi connectivity index (χ2n) is 10.4. The predicted octanol–water partition coefficient (Wildman–Crippen LogP) is 5.90. The van der Waals surface area contributed by atoms with E-state index < -0.39 is 20.0 Å². The summed E-state index contributed by atoms with van der Waals surface area (Å²) >= 11 is 7.23. The van der Waals surface area contributed by atoms with Crippen molar-refractivity contribution in [1.82, 2.24) is 23.1 Å². The minimum atomic E-state index is -4.13. The van der Waals surface area contributed by atoms with Crippen LogP contribution in [0, 0.1) is 0 Å². The van der Waals surface area contributed by atoms with Crippen LogP contribution in [0.2, 0.25) is 0 Å². The lowest BCUT2D eigenvalue weighted by molar-refractivity contribution is -0.115. The molecule has 0 unspecified atom stereocenters. The number of aromatic nitrogens is 5. The number of fused-ring (bicyclic) bond motifs is 2. The van der Waals surface area contributed by atoms with E-state index in [9.17, 15) is 21.6 Å². The Morgan fingerprint density at radius 2 is 1.57 bits per heavy atom. The Balaban J connectivity index is 1.38. The van der Waals surface area contributed by atoms with Crippen molar-refractivity contribution in [3.05, 3.63) is 120 Å². The van der Waals surface area contributed by atoms with Crippen LogP contribution in [0.25, 0.3) is 33.1 Å². The van der Waals surface area contributed by atoms with E-state index in [2.05, 4.69) is 20.4 Å². The average Bonchev–Trinajstić information content (AvgIpc) is 3.84. The van der Waals surface area contributed by atoms with Crippen LogP contribution >= 0.6 is 22.9 Å². The molecule has 0 spiro atoms. The molecule has 1 amide bonds. The summed E-state index contributed by atoms with van der Waals surface area (Å²) in [6, 6.07) is 22.6. The molecule has 0 aliphatic heterocycles. The van der Waals surface area contributed by atoms with Crippen LogP contribution in [-0.4, -0.2) is 45.9 Å². The Morgan fingerprint density at radius 3 is 2.26 bits per heavy atom. The minimum absolute atomic E-state index is 0.0325. The molecule has 0 aliphatic carbocycles. The second kappa shape index (κ2) is 12.0. The first-order chi connectivity index (χ1) is 22.7. The third-order valence-corrected chi connectivity index (χ3v) is 12.0. The zero-order valence-corrected chi connectivity index (χ0v) is 27.4. The fourth-order valence-electron chi connectivity index (χ4n) is 5.26. The quantitative estimate of drug-likeness (QED) is 0.183. The van der Waals surface area contributed by atoms with Gasteiger partial charge >= 0.3 is 0 Å². The highest BCUT2D eigenvalue weighted by atomic mass is 35.5. The van der Waals surface area contributed by atoms with Crippen molar-refractivity contribution in [1.29, 1.82) is 0 Å². The number of thiazole rings is 1. The van der Waals surface area contributed by atoms with Crippen molar-refractivity contribution in [3.8, 4) is 11.1 Å². The minimum Gasteiger partial charge on any atom is -0.325 e. The normalized spacial score (nSPS) is 12.1. The van der Waals surface area contributed by atoms with Gasteiger partial charge in [0.2, 0.25) is 5.91 Å². The van der Waals surface area contributed by atoms with Crippen LogP contribution in [0.3, 0.4) is 0 Å². The van der Waals surface area contributed by atoms with Crippen molar-refractivity contribution >= 4 is 76.5 Å². The van der Waals surface area contributed by atoms with Gasteiger partial charge in [-0.05, 0) is 59.7 Å². The second-order valence-corrected chi connectivity index (χ2v) is 15.2. The van der Waals surface area contributed by atoms with E-state index in [1.54, 1.807) is 66.0 Å². The largest absolute Gasteiger partial charge is 0.325 e. The van der Waals surface area contributed by atoms with E-state index in [1.165, 1.54) is 54.2 Å². The number of amides is 1. The van der Waals surface area contributed by atoms with Gasteiger partial charge in [0.05, 0.1) is 45.2 Å². The van der Waals surface area contributed by atoms with Crippen LogP contribution in [-0.2, 0) is 37.1 Å². The van der Waals surface area contributed by atoms with E-state index >= 15 is 0 Å². The van der Waals surface area contributed by atoms with Crippen molar-refractivity contribution in [2.75, 3.05) is 5.32 Å². The average molecular weight is 703 g/mol. The number of alkyl halides is 1. The number of nitrogens with zero attached hydrogens (tertiary/aromatic N) is 5. The predicted molar refractivity (Wildman–Crippen MR) is 181 cm³/mol. The third kappa shape index (κ3) is 5.58. The summed E-state index contributed by atoms with van der Waals surface area (Å²) in [5.74, 6) is -0.146. The highest BCUT2D eigenvalue weighted by Crippen LogP contribution is 2.36. The van der Waals surface area contributed by atoms with E-state index in [0.717, 1.165) is 8.06 Å². The Kier molecular flexibility index (Phi) is 7.88. The summed E-state index contributed by atoms with van der Waals surface area (Å²) in [6.07, 6.45) is 4.26. The molecular weight excluding hydrogens is 680 g/mol. The first kappa shape index (κ1) is 30.7. The zero-order chi connectivity index (χ0) is 32.8. The van der Waals surface area contributed by atoms with Gasteiger partial charge in [-0.2, -0.15) is 17.6 Å². The topological polar surface area (TPSA) is 146 Å². The molecule has 0 saturated heterocycles. The lowest BCUT2D eigenvalue weighted by Crippen LogP contribution is -2.16. The summed E-state index contributed by atoms with van der Waals surface area (Å²) in [5.41, 5.74) is 2.31. The SMILES string of the molecule is O=C(Cc1csc(CCl)n1)Nc1cc(-c2ccnc3c2ccn3S(=O)(=O)c2ccccc2)cc2c1cnn2S(=O)(=O)c1ccccc1. The third-order valence-electron chi connectivity index (χ3n) is 7.42. The van der Waals surface area contributed by atoms with Gasteiger partial charge in [-0.15, -0.1) is 22.9 Å². The fourth-order valence-corrected chi connectivity index (χ4v) is 8.76. The maximum atomic E-state index is 13.7. The fraction of sp³-hybridized carbons (Fsp3) is 0.0625. The molecule has 0 aliphatic rings. The number of hydrogen-bond donors (Lipinski definition) is 1. The van der Waals surface area contributed by atoms with Gasteiger partial charge in [0.1, 0.15) is 5.01 Å². The van der Waals surface area contributed by atoms with Crippen LogP contribution < -0.4 is 5.32 Å². The molecule has 7 rings (SSSR count). The maximum Gasteiger partial charge on any atom is 0.283 e. The van der Waals surface area contributed by atoms with Gasteiger partial charge in [-0.1, -0.05) is 36.4 Å². The molecule has 0 atom stereocenters. The van der Waals surface area contributed by atoms with Crippen molar-refractivity contribution in [3.63, 3.8) is 0 Å². The lowest BCUT2D eigenvalue weighted by atomic mass is 10.0. The highest BCUT2D eigenvalue weighted by molar-refractivity contribution is 7.90. The number of pyridine rings is 1. The molecule has 0 radical (unpaired) electrons. The van der Waals surface area contributed by atoms with E-state index in [4.69, 9.17) is 11.6 Å². The summed E-state index contributed by atoms with van der Waals surface area (Å²) in [6.45, 7) is 0. The number of rotatable bonds is 9. The van der Waals surface area contributed by atoms with Crippen LogP contribution in [0.1, 0.15) is 10.7 Å². The van der Waals surface area contributed by atoms with Gasteiger partial charge < -0.3 is 5.32 Å². The van der Waals surface area contributed by atoms with Gasteiger partial charge in [-0.3, -0.25) is 4.79 Å². The number of halogens is 1. The highest BCUT2D eigenvalue weighted by Gasteiger charge is 2.25. The van der Waals surface area contributed by atoms with E-state index in [-0.39, 0.29) is 39.2 Å². The maximum absolute atomic E-state index is 13.7. The van der Waals surface area contributed by atoms with Crippen molar-refractivity contribution in [2.24, 2.45) is 0 Å². The number of carbonyl (C=O) groups excluding carboxylic acids is 1. The number of benzene rings is 3. The number of anilines is 1. The Labute approximate surface area is 278 Å².